The molecule has 2 fully saturated rings. The fourth-order valence-corrected chi connectivity index (χ4v) is 3.92. The van der Waals surface area contributed by atoms with Crippen LogP contribution in [0.3, 0.4) is 0 Å². The molecule has 116 valence electrons. The summed E-state index contributed by atoms with van der Waals surface area (Å²) in [6.07, 6.45) is -0.577. The molecule has 21 heavy (non-hydrogen) atoms. The molecule has 2 nitrogen and oxygen atoms in total. The zero-order valence-corrected chi connectivity index (χ0v) is 12.0. The van der Waals surface area contributed by atoms with Crippen LogP contribution in [0.1, 0.15) is 36.8 Å². The second-order valence-corrected chi connectivity index (χ2v) is 6.56. The average molecular weight is 299 g/mol. The lowest BCUT2D eigenvalue weighted by Crippen LogP contribution is -2.50. The van der Waals surface area contributed by atoms with E-state index in [0.717, 1.165) is 25.0 Å². The van der Waals surface area contributed by atoms with Crippen LogP contribution in [0.15, 0.2) is 24.3 Å². The number of rotatable bonds is 2. The predicted molar refractivity (Wildman–Crippen MR) is 73.9 cm³/mol. The van der Waals surface area contributed by atoms with Crippen molar-refractivity contribution in [3.05, 3.63) is 35.4 Å². The smallest absolute Gasteiger partial charge is 0.389 e. The Kier molecular flexibility index (Phi) is 3.53. The van der Waals surface area contributed by atoms with E-state index in [1.807, 2.05) is 0 Å². The summed E-state index contributed by atoms with van der Waals surface area (Å²) < 4.78 is 38.3. The van der Waals surface area contributed by atoms with Crippen LogP contribution >= 0.6 is 0 Å². The SMILES string of the molecule is CN1C2CCC1CC(O)(Cc1cccc(C(F)(F)F)c1)C2. The molecule has 0 aliphatic carbocycles. The molecule has 2 heterocycles. The minimum absolute atomic E-state index is 0.303. The highest BCUT2D eigenvalue weighted by atomic mass is 19.4. The molecule has 3 rings (SSSR count). The number of fused-ring (bicyclic) bond motifs is 2. The van der Waals surface area contributed by atoms with Gasteiger partial charge in [0.1, 0.15) is 0 Å². The Morgan fingerprint density at radius 1 is 1.24 bits per heavy atom. The molecule has 1 aromatic rings. The van der Waals surface area contributed by atoms with E-state index in [9.17, 15) is 18.3 Å². The molecular weight excluding hydrogens is 279 g/mol. The summed E-state index contributed by atoms with van der Waals surface area (Å²) in [5.74, 6) is 0. The molecule has 1 aromatic carbocycles. The van der Waals surface area contributed by atoms with E-state index in [1.54, 1.807) is 6.07 Å². The summed E-state index contributed by atoms with van der Waals surface area (Å²) in [5.41, 5.74) is -0.946. The largest absolute Gasteiger partial charge is 0.416 e. The average Bonchev–Trinajstić information content (AvgIpc) is 2.61. The van der Waals surface area contributed by atoms with Crippen LogP contribution in [0, 0.1) is 0 Å². The van der Waals surface area contributed by atoms with E-state index < -0.39 is 17.3 Å². The number of nitrogens with zero attached hydrogens (tertiary/aromatic N) is 1. The second-order valence-electron chi connectivity index (χ2n) is 6.56. The molecule has 0 radical (unpaired) electrons. The third-order valence-electron chi connectivity index (χ3n) is 5.00. The summed E-state index contributed by atoms with van der Waals surface area (Å²) in [4.78, 5) is 2.31. The van der Waals surface area contributed by atoms with E-state index in [-0.39, 0.29) is 0 Å². The molecule has 0 saturated carbocycles. The van der Waals surface area contributed by atoms with Gasteiger partial charge >= 0.3 is 6.18 Å². The van der Waals surface area contributed by atoms with Gasteiger partial charge in [-0.1, -0.05) is 18.2 Å². The minimum Gasteiger partial charge on any atom is -0.389 e. The van der Waals surface area contributed by atoms with Gasteiger partial charge in [-0.15, -0.1) is 0 Å². The maximum absolute atomic E-state index is 12.8. The fourth-order valence-electron chi connectivity index (χ4n) is 3.92. The van der Waals surface area contributed by atoms with Crippen molar-refractivity contribution in [2.75, 3.05) is 7.05 Å². The first-order valence-electron chi connectivity index (χ1n) is 7.37. The van der Waals surface area contributed by atoms with Gasteiger partial charge in [-0.2, -0.15) is 13.2 Å². The van der Waals surface area contributed by atoms with Gasteiger partial charge in [0.25, 0.3) is 0 Å². The number of hydrogen-bond acceptors (Lipinski definition) is 2. The lowest BCUT2D eigenvalue weighted by Gasteiger charge is -2.42. The van der Waals surface area contributed by atoms with Crippen molar-refractivity contribution >= 4 is 0 Å². The quantitative estimate of drug-likeness (QED) is 0.906. The first-order valence-corrected chi connectivity index (χ1v) is 7.37. The molecule has 1 N–H and O–H groups in total. The van der Waals surface area contributed by atoms with Crippen LogP contribution in [0.5, 0.6) is 0 Å². The lowest BCUT2D eigenvalue weighted by molar-refractivity contribution is -0.137. The summed E-state index contributed by atoms with van der Waals surface area (Å²) in [5, 5.41) is 10.8. The topological polar surface area (TPSA) is 23.5 Å². The van der Waals surface area contributed by atoms with E-state index >= 15 is 0 Å². The van der Waals surface area contributed by atoms with Gasteiger partial charge in [-0.3, -0.25) is 0 Å². The summed E-state index contributed by atoms with van der Waals surface area (Å²) in [6, 6.07) is 6.06. The number of halogens is 3. The van der Waals surface area contributed by atoms with Crippen molar-refractivity contribution in [1.29, 1.82) is 0 Å². The second kappa shape index (κ2) is 4.99. The minimum atomic E-state index is -4.33. The number of alkyl halides is 3. The Morgan fingerprint density at radius 3 is 2.43 bits per heavy atom. The lowest BCUT2D eigenvalue weighted by atomic mass is 9.81. The normalized spacial score (nSPS) is 33.4. The number of hydrogen-bond donors (Lipinski definition) is 1. The van der Waals surface area contributed by atoms with Gasteiger partial charge < -0.3 is 10.0 Å². The first kappa shape index (κ1) is 14.9. The zero-order valence-electron chi connectivity index (χ0n) is 12.0. The third kappa shape index (κ3) is 2.94. The van der Waals surface area contributed by atoms with Crippen LogP contribution in [-0.4, -0.2) is 34.7 Å². The van der Waals surface area contributed by atoms with E-state index in [4.69, 9.17) is 0 Å². The monoisotopic (exact) mass is 299 g/mol. The van der Waals surface area contributed by atoms with Crippen molar-refractivity contribution in [2.24, 2.45) is 0 Å². The Hall–Kier alpha value is -1.07. The van der Waals surface area contributed by atoms with Gasteiger partial charge in [0, 0.05) is 18.5 Å². The summed E-state index contributed by atoms with van der Waals surface area (Å²) in [6.45, 7) is 0. The van der Waals surface area contributed by atoms with Crippen molar-refractivity contribution in [3.8, 4) is 0 Å². The predicted octanol–water partition coefficient (Wildman–Crippen LogP) is 3.24. The van der Waals surface area contributed by atoms with Gasteiger partial charge in [-0.25, -0.2) is 0 Å². The van der Waals surface area contributed by atoms with Crippen molar-refractivity contribution < 1.29 is 18.3 Å². The highest BCUT2D eigenvalue weighted by molar-refractivity contribution is 5.27. The van der Waals surface area contributed by atoms with E-state index in [1.165, 1.54) is 6.07 Å². The zero-order chi connectivity index (χ0) is 15.3. The fraction of sp³-hybridized carbons (Fsp3) is 0.625. The van der Waals surface area contributed by atoms with Crippen molar-refractivity contribution in [2.45, 2.75) is 56.0 Å². The molecule has 2 atom stereocenters. The molecule has 2 saturated heterocycles. The summed E-state index contributed by atoms with van der Waals surface area (Å²) >= 11 is 0. The molecule has 2 unspecified atom stereocenters. The van der Waals surface area contributed by atoms with Gasteiger partial charge in [0.2, 0.25) is 0 Å². The van der Waals surface area contributed by atoms with Crippen LogP contribution in [0.2, 0.25) is 0 Å². The number of piperidine rings is 1. The maximum atomic E-state index is 12.8. The molecular formula is C16H20F3NO. The van der Waals surface area contributed by atoms with Crippen molar-refractivity contribution in [3.63, 3.8) is 0 Å². The molecule has 0 spiro atoms. The highest BCUT2D eigenvalue weighted by Crippen LogP contribution is 2.41. The highest BCUT2D eigenvalue weighted by Gasteiger charge is 2.45. The van der Waals surface area contributed by atoms with Gasteiger partial charge in [0.05, 0.1) is 11.2 Å². The Morgan fingerprint density at radius 2 is 1.86 bits per heavy atom. The van der Waals surface area contributed by atoms with Crippen LogP contribution in [-0.2, 0) is 12.6 Å². The van der Waals surface area contributed by atoms with E-state index in [0.29, 0.717) is 36.9 Å². The molecule has 2 bridgehead atoms. The Balaban J connectivity index is 1.78. The third-order valence-corrected chi connectivity index (χ3v) is 5.00. The van der Waals surface area contributed by atoms with Crippen LogP contribution in [0.25, 0.3) is 0 Å². The molecule has 0 amide bonds. The molecule has 2 aliphatic heterocycles. The first-order chi connectivity index (χ1) is 9.77. The van der Waals surface area contributed by atoms with Crippen LogP contribution in [0.4, 0.5) is 13.2 Å². The van der Waals surface area contributed by atoms with Crippen molar-refractivity contribution in [1.82, 2.24) is 4.90 Å². The molecule has 2 aliphatic rings. The van der Waals surface area contributed by atoms with Gasteiger partial charge in [0.15, 0.2) is 0 Å². The Bertz CT molecular complexity index is 514. The molecule has 0 aromatic heterocycles. The number of benzene rings is 1. The maximum Gasteiger partial charge on any atom is 0.416 e. The Labute approximate surface area is 122 Å². The van der Waals surface area contributed by atoms with E-state index in [2.05, 4.69) is 11.9 Å². The van der Waals surface area contributed by atoms with Gasteiger partial charge in [-0.05, 0) is 44.4 Å². The number of aliphatic hydroxyl groups is 1. The summed E-state index contributed by atoms with van der Waals surface area (Å²) in [7, 11) is 2.08. The molecule has 5 heteroatoms. The van der Waals surface area contributed by atoms with Crippen LogP contribution < -0.4 is 0 Å². The standard InChI is InChI=1S/C16H20F3NO/c1-20-13-5-6-14(20)10-15(21,9-13)8-11-3-2-4-12(7-11)16(17,18)19/h2-4,7,13-14,21H,5-6,8-10H2,1H3.